The van der Waals surface area contributed by atoms with Crippen LogP contribution >= 0.6 is 0 Å². The van der Waals surface area contributed by atoms with Gasteiger partial charge >= 0.3 is 10.1 Å². The Bertz CT molecular complexity index is 565. The predicted octanol–water partition coefficient (Wildman–Crippen LogP) is 1.00. The van der Waals surface area contributed by atoms with Crippen LogP contribution in [0.5, 0.6) is 5.75 Å². The molecule has 0 radical (unpaired) electrons. The van der Waals surface area contributed by atoms with Crippen LogP contribution in [-0.2, 0) is 16.7 Å². The first-order valence-corrected chi connectivity index (χ1v) is 6.81. The fraction of sp³-hybridized carbons (Fsp3) is 0.364. The van der Waals surface area contributed by atoms with Gasteiger partial charge in [0.2, 0.25) is 0 Å². The van der Waals surface area contributed by atoms with Gasteiger partial charge in [0.15, 0.2) is 0 Å². The summed E-state index contributed by atoms with van der Waals surface area (Å²) in [6.07, 6.45) is 0. The van der Waals surface area contributed by atoms with E-state index in [1.54, 1.807) is 24.1 Å². The van der Waals surface area contributed by atoms with Crippen LogP contribution < -0.4 is 4.18 Å². The van der Waals surface area contributed by atoms with E-state index < -0.39 is 10.1 Å². The monoisotopic (exact) mass is 255 g/mol. The first kappa shape index (κ1) is 11.9. The van der Waals surface area contributed by atoms with Gasteiger partial charge in [-0.15, -0.1) is 0 Å². The number of benzene rings is 1. The lowest BCUT2D eigenvalue weighted by Crippen LogP contribution is -2.17. The molecule has 0 saturated carbocycles. The summed E-state index contributed by atoms with van der Waals surface area (Å²) in [5.74, 6) is -0.0219. The third-order valence-electron chi connectivity index (χ3n) is 2.64. The maximum atomic E-state index is 11.7. The smallest absolute Gasteiger partial charge is 0.308 e. The summed E-state index contributed by atoms with van der Waals surface area (Å²) in [5.41, 5.74) is 1.40. The highest BCUT2D eigenvalue weighted by Gasteiger charge is 2.25. The molecule has 2 rings (SSSR count). The molecular formula is C11H13NO4S. The number of hydrogen-bond acceptors (Lipinski definition) is 4. The van der Waals surface area contributed by atoms with E-state index in [4.69, 9.17) is 4.18 Å². The minimum Gasteiger partial charge on any atom is -0.382 e. The van der Waals surface area contributed by atoms with Crippen molar-refractivity contribution < 1.29 is 17.4 Å². The molecule has 0 fully saturated rings. The molecule has 1 aromatic carbocycles. The van der Waals surface area contributed by atoms with Gasteiger partial charge in [-0.2, -0.15) is 8.42 Å². The Morgan fingerprint density at radius 3 is 2.76 bits per heavy atom. The summed E-state index contributed by atoms with van der Waals surface area (Å²) in [4.78, 5) is 13.3. The zero-order valence-electron chi connectivity index (χ0n) is 9.63. The van der Waals surface area contributed by atoms with Gasteiger partial charge in [0.25, 0.3) is 5.91 Å². The molecule has 5 nitrogen and oxygen atoms in total. The van der Waals surface area contributed by atoms with Crippen LogP contribution in [0.15, 0.2) is 18.2 Å². The van der Waals surface area contributed by atoms with Crippen molar-refractivity contribution in [3.8, 4) is 5.75 Å². The number of fused-ring (bicyclic) bond motifs is 1. The van der Waals surface area contributed by atoms with Gasteiger partial charge in [0, 0.05) is 19.2 Å². The molecule has 0 spiro atoms. The first-order chi connectivity index (χ1) is 7.93. The number of amides is 1. The first-order valence-electron chi connectivity index (χ1n) is 5.23. The Balaban J connectivity index is 2.33. The third-order valence-corrected chi connectivity index (χ3v) is 3.80. The Morgan fingerprint density at radius 2 is 2.12 bits per heavy atom. The largest absolute Gasteiger partial charge is 0.382 e. The Morgan fingerprint density at radius 1 is 1.41 bits per heavy atom. The molecule has 0 aromatic heterocycles. The van der Waals surface area contributed by atoms with E-state index in [9.17, 15) is 13.2 Å². The van der Waals surface area contributed by atoms with Crippen molar-refractivity contribution in [3.63, 3.8) is 0 Å². The molecule has 1 amide bonds. The topological polar surface area (TPSA) is 63.7 Å². The van der Waals surface area contributed by atoms with Crippen molar-refractivity contribution in [3.05, 3.63) is 29.3 Å². The van der Waals surface area contributed by atoms with E-state index in [2.05, 4.69) is 0 Å². The van der Waals surface area contributed by atoms with Gasteiger partial charge in [-0.25, -0.2) is 0 Å². The summed E-state index contributed by atoms with van der Waals surface area (Å²) in [7, 11) is -1.85. The Hall–Kier alpha value is -1.56. The predicted molar refractivity (Wildman–Crippen MR) is 62.3 cm³/mol. The van der Waals surface area contributed by atoms with Crippen LogP contribution in [0.2, 0.25) is 0 Å². The number of carbonyl (C=O) groups excluding carboxylic acids is 1. The normalized spacial score (nSPS) is 14.9. The highest BCUT2D eigenvalue weighted by molar-refractivity contribution is 7.87. The number of carbonyl (C=O) groups is 1. The van der Waals surface area contributed by atoms with Crippen LogP contribution in [0.3, 0.4) is 0 Å². The molecule has 1 aliphatic heterocycles. The Labute approximate surface area is 100 Å². The van der Waals surface area contributed by atoms with Crippen LogP contribution in [0.1, 0.15) is 22.8 Å². The zero-order chi connectivity index (χ0) is 12.6. The van der Waals surface area contributed by atoms with E-state index in [-0.39, 0.29) is 17.4 Å². The maximum absolute atomic E-state index is 11.7. The zero-order valence-corrected chi connectivity index (χ0v) is 10.5. The van der Waals surface area contributed by atoms with E-state index in [0.717, 1.165) is 5.56 Å². The van der Waals surface area contributed by atoms with Gasteiger partial charge in [-0.3, -0.25) is 4.79 Å². The standard InChI is InChI=1S/C11H13NO4S/c1-3-17(14,15)16-9-5-4-8-7-12(2)11(13)10(8)6-9/h4-6H,3,7H2,1-2H3. The summed E-state index contributed by atoms with van der Waals surface area (Å²) in [6, 6.07) is 4.77. The lowest BCUT2D eigenvalue weighted by Gasteiger charge is -2.06. The van der Waals surface area contributed by atoms with Crippen molar-refractivity contribution in [2.45, 2.75) is 13.5 Å². The number of nitrogens with zero attached hydrogens (tertiary/aromatic N) is 1. The van der Waals surface area contributed by atoms with Crippen molar-refractivity contribution in [2.24, 2.45) is 0 Å². The molecule has 1 aliphatic rings. The molecule has 6 heteroatoms. The highest BCUT2D eigenvalue weighted by Crippen LogP contribution is 2.26. The van der Waals surface area contributed by atoms with Gasteiger partial charge in [0.1, 0.15) is 5.75 Å². The highest BCUT2D eigenvalue weighted by atomic mass is 32.2. The molecule has 0 aliphatic carbocycles. The Kier molecular flexibility index (Phi) is 2.82. The molecule has 1 aromatic rings. The summed E-state index contributed by atoms with van der Waals surface area (Å²) >= 11 is 0. The van der Waals surface area contributed by atoms with Gasteiger partial charge in [0.05, 0.1) is 5.75 Å². The molecule has 0 atom stereocenters. The second kappa shape index (κ2) is 4.03. The quantitative estimate of drug-likeness (QED) is 0.756. The molecule has 1 heterocycles. The lowest BCUT2D eigenvalue weighted by atomic mass is 10.1. The van der Waals surface area contributed by atoms with Crippen LogP contribution in [-0.4, -0.2) is 32.0 Å². The number of hydrogen-bond donors (Lipinski definition) is 0. The second-order valence-electron chi connectivity index (χ2n) is 3.91. The molecule has 17 heavy (non-hydrogen) atoms. The van der Waals surface area contributed by atoms with E-state index in [0.29, 0.717) is 12.1 Å². The third kappa shape index (κ3) is 2.26. The summed E-state index contributed by atoms with van der Waals surface area (Å²) in [5, 5.41) is 0. The fourth-order valence-corrected chi connectivity index (χ4v) is 2.20. The minimum atomic E-state index is -3.55. The van der Waals surface area contributed by atoms with E-state index in [1.165, 1.54) is 13.0 Å². The minimum absolute atomic E-state index is 0.0993. The molecule has 0 N–H and O–H groups in total. The second-order valence-corrected chi connectivity index (χ2v) is 5.77. The number of rotatable bonds is 3. The maximum Gasteiger partial charge on any atom is 0.308 e. The van der Waals surface area contributed by atoms with E-state index >= 15 is 0 Å². The van der Waals surface area contributed by atoms with Gasteiger partial charge < -0.3 is 9.08 Å². The van der Waals surface area contributed by atoms with Crippen molar-refractivity contribution >= 4 is 16.0 Å². The van der Waals surface area contributed by atoms with Gasteiger partial charge in [-0.05, 0) is 24.6 Å². The summed E-state index contributed by atoms with van der Waals surface area (Å²) < 4.78 is 27.5. The molecule has 92 valence electrons. The van der Waals surface area contributed by atoms with E-state index in [1.807, 2.05) is 0 Å². The lowest BCUT2D eigenvalue weighted by molar-refractivity contribution is 0.0816. The van der Waals surface area contributed by atoms with Crippen molar-refractivity contribution in [2.75, 3.05) is 12.8 Å². The van der Waals surface area contributed by atoms with Gasteiger partial charge in [-0.1, -0.05) is 6.07 Å². The fourth-order valence-electron chi connectivity index (χ4n) is 1.68. The van der Waals surface area contributed by atoms with Crippen LogP contribution in [0.25, 0.3) is 0 Å². The molecule has 0 unspecified atom stereocenters. The molecular weight excluding hydrogens is 242 g/mol. The van der Waals surface area contributed by atoms with Crippen LogP contribution in [0.4, 0.5) is 0 Å². The van der Waals surface area contributed by atoms with Crippen molar-refractivity contribution in [1.29, 1.82) is 0 Å². The average molecular weight is 255 g/mol. The average Bonchev–Trinajstić information content (AvgIpc) is 2.55. The van der Waals surface area contributed by atoms with Crippen LogP contribution in [0, 0.1) is 0 Å². The molecule has 0 bridgehead atoms. The SMILES string of the molecule is CCS(=O)(=O)Oc1ccc2c(c1)C(=O)N(C)C2. The van der Waals surface area contributed by atoms with Crippen molar-refractivity contribution in [1.82, 2.24) is 4.90 Å². The summed E-state index contributed by atoms with van der Waals surface area (Å²) in [6.45, 7) is 2.05. The molecule has 0 saturated heterocycles.